The van der Waals surface area contributed by atoms with Gasteiger partial charge in [0.15, 0.2) is 0 Å². The minimum Gasteiger partial charge on any atom is -0.291 e. The normalized spacial score (nSPS) is 10.8. The molecule has 2 aromatic heterocycles. The van der Waals surface area contributed by atoms with Crippen molar-refractivity contribution in [3.05, 3.63) is 30.4 Å². The van der Waals surface area contributed by atoms with E-state index in [0.717, 1.165) is 12.2 Å². The quantitative estimate of drug-likeness (QED) is 0.714. The van der Waals surface area contributed by atoms with E-state index < -0.39 is 0 Å². The molecule has 0 atom stereocenters. The van der Waals surface area contributed by atoms with Crippen molar-refractivity contribution in [2.45, 2.75) is 26.2 Å². The van der Waals surface area contributed by atoms with Crippen LogP contribution in [0, 0.1) is 0 Å². The van der Waals surface area contributed by atoms with Gasteiger partial charge < -0.3 is 0 Å². The maximum absolute atomic E-state index is 4.25. The first-order valence-electron chi connectivity index (χ1n) is 4.67. The Hall–Kier alpha value is -1.38. The van der Waals surface area contributed by atoms with Gasteiger partial charge in [0.2, 0.25) is 5.78 Å². The van der Waals surface area contributed by atoms with Crippen molar-refractivity contribution in [1.29, 1.82) is 0 Å². The van der Waals surface area contributed by atoms with E-state index in [9.17, 15) is 0 Å². The van der Waals surface area contributed by atoms with Gasteiger partial charge in [-0.3, -0.25) is 4.40 Å². The Morgan fingerprint density at radius 3 is 3.15 bits per heavy atom. The smallest absolute Gasteiger partial charge is 0.233 e. The lowest BCUT2D eigenvalue weighted by Gasteiger charge is -1.99. The van der Waals surface area contributed by atoms with Crippen LogP contribution in [0.15, 0.2) is 24.8 Å². The summed E-state index contributed by atoms with van der Waals surface area (Å²) in [5.74, 6) is 0.778. The SMILES string of the molecule is CCCCc1cnc2nccn2c1. The van der Waals surface area contributed by atoms with Gasteiger partial charge >= 0.3 is 0 Å². The molecule has 0 radical (unpaired) electrons. The largest absolute Gasteiger partial charge is 0.291 e. The van der Waals surface area contributed by atoms with E-state index in [1.165, 1.54) is 18.4 Å². The minimum atomic E-state index is 0.778. The standard InChI is InChI=1S/C10H13N3/c1-2-3-4-9-7-12-10-11-5-6-13(10)8-9/h5-8H,2-4H2,1H3. The van der Waals surface area contributed by atoms with Crippen LogP contribution in [-0.2, 0) is 6.42 Å². The number of nitrogens with zero attached hydrogens (tertiary/aromatic N) is 3. The van der Waals surface area contributed by atoms with Crippen LogP contribution in [0.2, 0.25) is 0 Å². The third-order valence-corrected chi connectivity index (χ3v) is 2.12. The number of rotatable bonds is 3. The molecule has 0 unspecified atom stereocenters. The summed E-state index contributed by atoms with van der Waals surface area (Å²) in [7, 11) is 0. The van der Waals surface area contributed by atoms with Crippen molar-refractivity contribution in [3.8, 4) is 0 Å². The molecular weight excluding hydrogens is 162 g/mol. The third kappa shape index (κ3) is 1.69. The number of aromatic nitrogens is 3. The summed E-state index contributed by atoms with van der Waals surface area (Å²) < 4.78 is 1.96. The van der Waals surface area contributed by atoms with Crippen LogP contribution in [0.25, 0.3) is 5.78 Å². The van der Waals surface area contributed by atoms with Crippen LogP contribution in [0.1, 0.15) is 25.3 Å². The van der Waals surface area contributed by atoms with Crippen molar-refractivity contribution in [2.24, 2.45) is 0 Å². The first-order chi connectivity index (χ1) is 6.40. The molecule has 0 N–H and O–H groups in total. The molecule has 0 aliphatic carbocycles. The summed E-state index contributed by atoms with van der Waals surface area (Å²) in [6, 6.07) is 0. The van der Waals surface area contributed by atoms with E-state index in [0.29, 0.717) is 0 Å². The van der Waals surface area contributed by atoms with Crippen LogP contribution in [0.5, 0.6) is 0 Å². The molecule has 0 amide bonds. The van der Waals surface area contributed by atoms with E-state index in [2.05, 4.69) is 23.1 Å². The van der Waals surface area contributed by atoms with Gasteiger partial charge in [-0.05, 0) is 18.4 Å². The fraction of sp³-hybridized carbons (Fsp3) is 0.400. The highest BCUT2D eigenvalue weighted by Gasteiger charge is 1.96. The second-order valence-corrected chi connectivity index (χ2v) is 3.20. The van der Waals surface area contributed by atoms with Gasteiger partial charge in [0, 0.05) is 24.8 Å². The van der Waals surface area contributed by atoms with Crippen LogP contribution < -0.4 is 0 Å². The summed E-state index contributed by atoms with van der Waals surface area (Å²) >= 11 is 0. The molecule has 13 heavy (non-hydrogen) atoms. The molecule has 0 fully saturated rings. The van der Waals surface area contributed by atoms with Gasteiger partial charge in [-0.15, -0.1) is 0 Å². The van der Waals surface area contributed by atoms with Crippen LogP contribution in [0.4, 0.5) is 0 Å². The maximum Gasteiger partial charge on any atom is 0.233 e. The molecular formula is C10H13N3. The van der Waals surface area contributed by atoms with Crippen molar-refractivity contribution in [3.63, 3.8) is 0 Å². The van der Waals surface area contributed by atoms with E-state index in [1.807, 2.05) is 16.8 Å². The second kappa shape index (κ2) is 3.56. The summed E-state index contributed by atoms with van der Waals surface area (Å²) in [5.41, 5.74) is 1.28. The molecule has 0 saturated heterocycles. The van der Waals surface area contributed by atoms with E-state index >= 15 is 0 Å². The van der Waals surface area contributed by atoms with E-state index in [-0.39, 0.29) is 0 Å². The molecule has 0 aliphatic rings. The highest BCUT2D eigenvalue weighted by Crippen LogP contribution is 2.04. The maximum atomic E-state index is 4.25. The first kappa shape index (κ1) is 8.23. The number of unbranched alkanes of at least 4 members (excludes halogenated alkanes) is 1. The number of fused-ring (bicyclic) bond motifs is 1. The summed E-state index contributed by atoms with van der Waals surface area (Å²) in [5, 5.41) is 0. The second-order valence-electron chi connectivity index (χ2n) is 3.20. The Bertz CT molecular complexity index is 392. The molecule has 0 aliphatic heterocycles. The lowest BCUT2D eigenvalue weighted by Crippen LogP contribution is -1.92. The molecule has 2 aromatic rings. The fourth-order valence-corrected chi connectivity index (χ4v) is 1.37. The Balaban J connectivity index is 2.26. The molecule has 68 valence electrons. The zero-order chi connectivity index (χ0) is 9.10. The Kier molecular flexibility index (Phi) is 2.25. The van der Waals surface area contributed by atoms with Gasteiger partial charge in [0.05, 0.1) is 0 Å². The molecule has 3 heteroatoms. The molecule has 3 nitrogen and oxygen atoms in total. The number of hydrogen-bond acceptors (Lipinski definition) is 2. The third-order valence-electron chi connectivity index (χ3n) is 2.12. The van der Waals surface area contributed by atoms with Crippen LogP contribution >= 0.6 is 0 Å². The Labute approximate surface area is 77.4 Å². The monoisotopic (exact) mass is 175 g/mol. The van der Waals surface area contributed by atoms with Gasteiger partial charge in [0.1, 0.15) is 0 Å². The van der Waals surface area contributed by atoms with Crippen molar-refractivity contribution < 1.29 is 0 Å². The number of imidazole rings is 1. The van der Waals surface area contributed by atoms with Crippen molar-refractivity contribution >= 4 is 5.78 Å². The Morgan fingerprint density at radius 1 is 1.38 bits per heavy atom. The van der Waals surface area contributed by atoms with Crippen LogP contribution in [-0.4, -0.2) is 14.4 Å². The Morgan fingerprint density at radius 2 is 2.31 bits per heavy atom. The van der Waals surface area contributed by atoms with E-state index in [4.69, 9.17) is 0 Å². The van der Waals surface area contributed by atoms with Gasteiger partial charge in [0.25, 0.3) is 0 Å². The fourth-order valence-electron chi connectivity index (χ4n) is 1.37. The van der Waals surface area contributed by atoms with Crippen molar-refractivity contribution in [2.75, 3.05) is 0 Å². The van der Waals surface area contributed by atoms with Crippen molar-refractivity contribution in [1.82, 2.24) is 14.4 Å². The highest BCUT2D eigenvalue weighted by molar-refractivity contribution is 5.28. The average Bonchev–Trinajstić information content (AvgIpc) is 2.61. The molecule has 0 spiro atoms. The molecule has 0 aromatic carbocycles. The summed E-state index contributed by atoms with van der Waals surface area (Å²) in [6.07, 6.45) is 11.3. The number of aryl methyl sites for hydroxylation is 1. The lowest BCUT2D eigenvalue weighted by atomic mass is 10.2. The van der Waals surface area contributed by atoms with Gasteiger partial charge in [-0.2, -0.15) is 0 Å². The molecule has 2 rings (SSSR count). The highest BCUT2D eigenvalue weighted by atomic mass is 15.1. The first-order valence-corrected chi connectivity index (χ1v) is 4.67. The summed E-state index contributed by atoms with van der Waals surface area (Å²) in [4.78, 5) is 8.34. The minimum absolute atomic E-state index is 0.778. The van der Waals surface area contributed by atoms with E-state index in [1.54, 1.807) is 6.20 Å². The van der Waals surface area contributed by atoms with Gasteiger partial charge in [-0.1, -0.05) is 13.3 Å². The average molecular weight is 175 g/mol. The molecule has 2 heterocycles. The lowest BCUT2D eigenvalue weighted by molar-refractivity contribution is 0.786. The summed E-state index contributed by atoms with van der Waals surface area (Å²) in [6.45, 7) is 2.20. The zero-order valence-electron chi connectivity index (χ0n) is 7.77. The number of hydrogen-bond donors (Lipinski definition) is 0. The topological polar surface area (TPSA) is 30.2 Å². The van der Waals surface area contributed by atoms with Gasteiger partial charge in [-0.25, -0.2) is 9.97 Å². The predicted molar refractivity (Wildman–Crippen MR) is 51.6 cm³/mol. The predicted octanol–water partition coefficient (Wildman–Crippen LogP) is 2.07. The molecule has 0 saturated carbocycles. The zero-order valence-corrected chi connectivity index (χ0v) is 7.77. The van der Waals surface area contributed by atoms with Crippen LogP contribution in [0.3, 0.4) is 0 Å². The molecule has 0 bridgehead atoms.